The molecule has 0 unspecified atom stereocenters. The largest absolute Gasteiger partial charge is 0.342 e. The van der Waals surface area contributed by atoms with Gasteiger partial charge in [-0.3, -0.25) is 9.59 Å². The first kappa shape index (κ1) is 18.9. The molecule has 1 atom stereocenters. The van der Waals surface area contributed by atoms with Crippen LogP contribution in [-0.2, 0) is 17.8 Å². The highest BCUT2D eigenvalue weighted by atomic mass is 16.2. The van der Waals surface area contributed by atoms with Crippen molar-refractivity contribution >= 4 is 5.91 Å². The normalized spacial score (nSPS) is 19.3. The number of benzene rings is 1. The summed E-state index contributed by atoms with van der Waals surface area (Å²) in [5, 5.41) is 0. The second-order valence-corrected chi connectivity index (χ2v) is 8.10. The van der Waals surface area contributed by atoms with Crippen molar-refractivity contribution in [3.05, 3.63) is 63.3 Å². The number of nitrogens with one attached hydrogen (secondary N) is 1. The smallest absolute Gasteiger partial charge is 0.254 e. The Morgan fingerprint density at radius 3 is 2.61 bits per heavy atom. The van der Waals surface area contributed by atoms with Crippen LogP contribution in [0.4, 0.5) is 0 Å². The monoisotopic (exact) mass is 380 g/mol. The molecule has 0 spiro atoms. The first-order valence-electron chi connectivity index (χ1n) is 10.2. The highest BCUT2D eigenvalue weighted by Crippen LogP contribution is 2.28. The maximum atomic E-state index is 12.9. The molecule has 1 amide bonds. The molecule has 1 aromatic carbocycles. The van der Waals surface area contributed by atoms with Crippen LogP contribution in [0.5, 0.6) is 0 Å². The number of amides is 1. The first-order chi connectivity index (χ1) is 13.5. The molecule has 2 aliphatic heterocycles. The maximum Gasteiger partial charge on any atom is 0.254 e. The predicted octanol–water partition coefficient (Wildman–Crippen LogP) is 2.27. The summed E-state index contributed by atoms with van der Waals surface area (Å²) in [5.41, 5.74) is 2.83. The van der Waals surface area contributed by atoms with E-state index in [9.17, 15) is 9.59 Å². The van der Waals surface area contributed by atoms with Gasteiger partial charge in [-0.1, -0.05) is 30.3 Å². The van der Waals surface area contributed by atoms with Gasteiger partial charge < -0.3 is 14.8 Å². The van der Waals surface area contributed by atoms with Gasteiger partial charge in [-0.05, 0) is 38.8 Å². The van der Waals surface area contributed by atoms with Crippen LogP contribution in [0.3, 0.4) is 0 Å². The molecule has 1 N–H and O–H groups in total. The lowest BCUT2D eigenvalue weighted by molar-refractivity contribution is -0.133. The van der Waals surface area contributed by atoms with Gasteiger partial charge in [-0.25, -0.2) is 4.98 Å². The topological polar surface area (TPSA) is 69.3 Å². The van der Waals surface area contributed by atoms with E-state index in [0.717, 1.165) is 55.0 Å². The lowest BCUT2D eigenvalue weighted by Crippen LogP contribution is -2.41. The zero-order chi connectivity index (χ0) is 19.7. The van der Waals surface area contributed by atoms with Crippen molar-refractivity contribution < 1.29 is 4.79 Å². The van der Waals surface area contributed by atoms with E-state index in [0.29, 0.717) is 13.1 Å². The molecule has 1 saturated heterocycles. The van der Waals surface area contributed by atoms with Gasteiger partial charge in [-0.15, -0.1) is 0 Å². The van der Waals surface area contributed by atoms with Crippen molar-refractivity contribution in [3.8, 4) is 0 Å². The average molecular weight is 380 g/mol. The molecule has 148 valence electrons. The Morgan fingerprint density at radius 1 is 1.18 bits per heavy atom. The number of likely N-dealkylation sites (tertiary alicyclic amines) is 1. The van der Waals surface area contributed by atoms with Gasteiger partial charge in [0.25, 0.3) is 5.56 Å². The Hall–Kier alpha value is -2.47. The molecular weight excluding hydrogens is 352 g/mol. The molecule has 2 aromatic rings. The van der Waals surface area contributed by atoms with Crippen molar-refractivity contribution in [3.63, 3.8) is 0 Å². The van der Waals surface area contributed by atoms with E-state index in [2.05, 4.69) is 16.9 Å². The molecule has 2 aliphatic rings. The number of hydrogen-bond donors (Lipinski definition) is 1. The third kappa shape index (κ3) is 3.74. The number of fused-ring (bicyclic) bond motifs is 1. The molecule has 0 aliphatic carbocycles. The van der Waals surface area contributed by atoms with Crippen LogP contribution in [0.2, 0.25) is 0 Å². The molecule has 6 nitrogen and oxygen atoms in total. The van der Waals surface area contributed by atoms with Gasteiger partial charge in [0.1, 0.15) is 5.82 Å². The van der Waals surface area contributed by atoms with Crippen LogP contribution in [-0.4, -0.2) is 52.4 Å². The van der Waals surface area contributed by atoms with Crippen LogP contribution in [0.15, 0.2) is 35.1 Å². The molecule has 0 bridgehead atoms. The summed E-state index contributed by atoms with van der Waals surface area (Å²) in [4.78, 5) is 37.3. The highest BCUT2D eigenvalue weighted by molar-refractivity contribution is 5.83. The Balaban J connectivity index is 1.43. The Labute approximate surface area is 165 Å². The molecule has 3 heterocycles. The second-order valence-electron chi connectivity index (χ2n) is 8.10. The van der Waals surface area contributed by atoms with Crippen LogP contribution in [0.25, 0.3) is 0 Å². The van der Waals surface area contributed by atoms with Crippen molar-refractivity contribution in [1.82, 2.24) is 19.8 Å². The highest BCUT2D eigenvalue weighted by Gasteiger charge is 2.29. The van der Waals surface area contributed by atoms with Crippen LogP contribution in [0.1, 0.15) is 54.2 Å². The second kappa shape index (κ2) is 7.87. The molecule has 6 heteroatoms. The molecule has 0 radical (unpaired) electrons. The van der Waals surface area contributed by atoms with E-state index in [1.54, 1.807) is 0 Å². The van der Waals surface area contributed by atoms with Gasteiger partial charge in [-0.2, -0.15) is 0 Å². The van der Waals surface area contributed by atoms with E-state index < -0.39 is 0 Å². The minimum absolute atomic E-state index is 0.0179. The van der Waals surface area contributed by atoms with Gasteiger partial charge in [0, 0.05) is 37.7 Å². The summed E-state index contributed by atoms with van der Waals surface area (Å²) in [7, 11) is 2.06. The third-order valence-electron chi connectivity index (χ3n) is 6.15. The van der Waals surface area contributed by atoms with Crippen molar-refractivity contribution in [2.24, 2.45) is 0 Å². The number of hydrogen-bond acceptors (Lipinski definition) is 4. The quantitative estimate of drug-likeness (QED) is 0.887. The molecule has 28 heavy (non-hydrogen) atoms. The van der Waals surface area contributed by atoms with Gasteiger partial charge in [0.05, 0.1) is 11.6 Å². The summed E-state index contributed by atoms with van der Waals surface area (Å²) in [6.45, 7) is 5.03. The van der Waals surface area contributed by atoms with E-state index in [1.807, 2.05) is 42.2 Å². The van der Waals surface area contributed by atoms with E-state index in [1.165, 1.54) is 0 Å². The number of carbonyl (C=O) groups excluding carboxylic acids is 1. The average Bonchev–Trinajstić information content (AvgIpc) is 2.73. The summed E-state index contributed by atoms with van der Waals surface area (Å²) in [6, 6.07) is 9.93. The summed E-state index contributed by atoms with van der Waals surface area (Å²) >= 11 is 0. The number of nitrogens with zero attached hydrogens (tertiary/aromatic N) is 3. The minimum atomic E-state index is -0.130. The zero-order valence-corrected chi connectivity index (χ0v) is 16.6. The molecule has 0 saturated carbocycles. The Morgan fingerprint density at radius 2 is 1.89 bits per heavy atom. The Bertz CT molecular complexity index is 900. The van der Waals surface area contributed by atoms with Crippen molar-refractivity contribution in [2.75, 3.05) is 26.7 Å². The van der Waals surface area contributed by atoms with E-state index >= 15 is 0 Å². The van der Waals surface area contributed by atoms with Gasteiger partial charge in [0.15, 0.2) is 0 Å². The number of piperidine rings is 1. The minimum Gasteiger partial charge on any atom is -0.342 e. The summed E-state index contributed by atoms with van der Waals surface area (Å²) < 4.78 is 0. The molecule has 1 fully saturated rings. The number of rotatable bonds is 3. The van der Waals surface area contributed by atoms with E-state index in [-0.39, 0.29) is 23.3 Å². The molecular formula is C22H28N4O2. The lowest BCUT2D eigenvalue weighted by Gasteiger charge is -2.33. The SMILES string of the molecule is C[C@@H](C(=O)N1CCC(c2nc3c(c(=O)[nH]2)CCN(C)C3)CC1)c1ccccc1. The van der Waals surface area contributed by atoms with Crippen LogP contribution < -0.4 is 5.56 Å². The van der Waals surface area contributed by atoms with Crippen molar-refractivity contribution in [2.45, 2.75) is 44.6 Å². The fraction of sp³-hybridized carbons (Fsp3) is 0.500. The summed E-state index contributed by atoms with van der Waals surface area (Å²) in [5.74, 6) is 1.05. The number of likely N-dealkylation sites (N-methyl/N-ethyl adjacent to an activating group) is 1. The first-order valence-corrected chi connectivity index (χ1v) is 10.2. The number of aromatic amines is 1. The maximum absolute atomic E-state index is 12.9. The fourth-order valence-electron chi connectivity index (χ4n) is 4.31. The van der Waals surface area contributed by atoms with Gasteiger partial charge in [0.2, 0.25) is 5.91 Å². The third-order valence-corrected chi connectivity index (χ3v) is 6.15. The van der Waals surface area contributed by atoms with Crippen LogP contribution in [0, 0.1) is 0 Å². The summed E-state index contributed by atoms with van der Waals surface area (Å²) in [6.07, 6.45) is 2.44. The molecule has 1 aromatic heterocycles. The number of H-pyrrole nitrogens is 1. The predicted molar refractivity (Wildman–Crippen MR) is 108 cm³/mol. The number of aromatic nitrogens is 2. The zero-order valence-electron chi connectivity index (χ0n) is 16.6. The van der Waals surface area contributed by atoms with Crippen molar-refractivity contribution in [1.29, 1.82) is 0 Å². The lowest BCUT2D eigenvalue weighted by atomic mass is 9.93. The van der Waals surface area contributed by atoms with Gasteiger partial charge >= 0.3 is 0 Å². The Kier molecular flexibility index (Phi) is 5.31. The van der Waals surface area contributed by atoms with Crippen LogP contribution >= 0.6 is 0 Å². The number of carbonyl (C=O) groups is 1. The molecule has 4 rings (SSSR count). The fourth-order valence-corrected chi connectivity index (χ4v) is 4.31. The standard InChI is InChI=1S/C22H28N4O2/c1-15(16-6-4-3-5-7-16)22(28)26-12-8-17(9-13-26)20-23-19-14-25(2)11-10-18(19)21(27)24-20/h3-7,15,17H,8-14H2,1-2H3,(H,23,24,27)/t15-/m1/s1. The van der Waals surface area contributed by atoms with E-state index in [4.69, 9.17) is 4.98 Å².